The third-order valence-electron chi connectivity index (χ3n) is 5.90. The largest absolute Gasteiger partial charge is 0.357 e. The molecular formula is C21H42IN5O. The molecule has 0 aromatic heterocycles. The van der Waals surface area contributed by atoms with Crippen molar-refractivity contribution < 1.29 is 4.79 Å². The first-order valence-corrected chi connectivity index (χ1v) is 11.1. The zero-order valence-electron chi connectivity index (χ0n) is 18.2. The molecule has 2 rings (SSSR count). The van der Waals surface area contributed by atoms with Crippen molar-refractivity contribution in [3.63, 3.8) is 0 Å². The summed E-state index contributed by atoms with van der Waals surface area (Å²) in [6.45, 7) is 6.40. The summed E-state index contributed by atoms with van der Waals surface area (Å²) in [5.74, 6) is 2.14. The van der Waals surface area contributed by atoms with Gasteiger partial charge >= 0.3 is 0 Å². The molecule has 1 aliphatic carbocycles. The van der Waals surface area contributed by atoms with Crippen molar-refractivity contribution in [2.24, 2.45) is 10.9 Å². The Morgan fingerprint density at radius 2 is 1.79 bits per heavy atom. The van der Waals surface area contributed by atoms with Crippen LogP contribution >= 0.6 is 24.0 Å². The van der Waals surface area contributed by atoms with Gasteiger partial charge in [-0.1, -0.05) is 38.5 Å². The van der Waals surface area contributed by atoms with Gasteiger partial charge in [0.05, 0.1) is 6.54 Å². The Labute approximate surface area is 189 Å². The first-order chi connectivity index (χ1) is 13.1. The smallest absolute Gasteiger partial charge is 0.236 e. The van der Waals surface area contributed by atoms with Crippen LogP contribution in [-0.4, -0.2) is 74.5 Å². The maximum Gasteiger partial charge on any atom is 0.236 e. The minimum Gasteiger partial charge on any atom is -0.357 e. The highest BCUT2D eigenvalue weighted by Gasteiger charge is 2.22. The monoisotopic (exact) mass is 507 g/mol. The fourth-order valence-electron chi connectivity index (χ4n) is 4.12. The number of carbonyl (C=O) groups is 1. The molecule has 0 spiro atoms. The molecule has 1 saturated carbocycles. The normalized spacial score (nSPS) is 19.3. The van der Waals surface area contributed by atoms with E-state index in [0.717, 1.165) is 50.9 Å². The van der Waals surface area contributed by atoms with E-state index in [0.29, 0.717) is 12.6 Å². The van der Waals surface area contributed by atoms with Crippen molar-refractivity contribution in [2.45, 2.75) is 70.8 Å². The number of nitrogens with one attached hydrogen (secondary N) is 2. The number of halogens is 1. The quantitative estimate of drug-likeness (QED) is 0.218. The maximum atomic E-state index is 11.9. The third-order valence-corrected chi connectivity index (χ3v) is 5.90. The van der Waals surface area contributed by atoms with Crippen LogP contribution in [0, 0.1) is 5.92 Å². The average molecular weight is 508 g/mol. The molecule has 1 saturated heterocycles. The summed E-state index contributed by atoms with van der Waals surface area (Å²) < 4.78 is 0. The van der Waals surface area contributed by atoms with Gasteiger partial charge in [0.1, 0.15) is 0 Å². The van der Waals surface area contributed by atoms with E-state index in [1.54, 1.807) is 4.90 Å². The summed E-state index contributed by atoms with van der Waals surface area (Å²) in [7, 11) is 3.65. The van der Waals surface area contributed by atoms with E-state index in [1.807, 2.05) is 14.1 Å². The van der Waals surface area contributed by atoms with Crippen LogP contribution in [-0.2, 0) is 4.79 Å². The first-order valence-electron chi connectivity index (χ1n) is 11.1. The van der Waals surface area contributed by atoms with Crippen LogP contribution in [0.5, 0.6) is 0 Å². The second kappa shape index (κ2) is 14.4. The summed E-state index contributed by atoms with van der Waals surface area (Å²) in [6.07, 6.45) is 11.8. The Hall–Kier alpha value is -0.570. The molecule has 0 bridgehead atoms. The zero-order valence-corrected chi connectivity index (χ0v) is 20.5. The number of nitrogens with zero attached hydrogens (tertiary/aromatic N) is 3. The van der Waals surface area contributed by atoms with Gasteiger partial charge in [-0.25, -0.2) is 0 Å². The number of hydrogen-bond acceptors (Lipinski definition) is 3. The van der Waals surface area contributed by atoms with Crippen molar-refractivity contribution >= 4 is 35.8 Å². The molecule has 0 unspecified atom stereocenters. The lowest BCUT2D eigenvalue weighted by atomic mass is 10.0. The van der Waals surface area contributed by atoms with E-state index in [-0.39, 0.29) is 29.9 Å². The Bertz CT molecular complexity index is 458. The van der Waals surface area contributed by atoms with E-state index in [4.69, 9.17) is 4.99 Å². The van der Waals surface area contributed by atoms with Gasteiger partial charge in [0.25, 0.3) is 0 Å². The van der Waals surface area contributed by atoms with Gasteiger partial charge in [0.15, 0.2) is 5.96 Å². The molecule has 2 aliphatic rings. The number of hydrogen-bond donors (Lipinski definition) is 2. The predicted molar refractivity (Wildman–Crippen MR) is 128 cm³/mol. The van der Waals surface area contributed by atoms with Crippen LogP contribution < -0.4 is 10.6 Å². The van der Waals surface area contributed by atoms with Gasteiger partial charge in [-0.15, -0.1) is 24.0 Å². The van der Waals surface area contributed by atoms with Gasteiger partial charge in [0.2, 0.25) is 5.91 Å². The number of likely N-dealkylation sites (tertiary alicyclic amines) is 1. The molecule has 2 N–H and O–H groups in total. The summed E-state index contributed by atoms with van der Waals surface area (Å²) in [6, 6.07) is 0.451. The molecule has 1 aliphatic heterocycles. The second-order valence-electron chi connectivity index (χ2n) is 8.39. The van der Waals surface area contributed by atoms with Gasteiger partial charge < -0.3 is 15.5 Å². The minimum absolute atomic E-state index is 0. The first kappa shape index (κ1) is 25.5. The van der Waals surface area contributed by atoms with Gasteiger partial charge in [-0.05, 0) is 32.1 Å². The predicted octanol–water partition coefficient (Wildman–Crippen LogP) is 3.07. The second-order valence-corrected chi connectivity index (χ2v) is 8.39. The third kappa shape index (κ3) is 9.76. The number of likely N-dealkylation sites (N-methyl/N-ethyl adjacent to an activating group) is 1. The van der Waals surface area contributed by atoms with Crippen molar-refractivity contribution in [2.75, 3.05) is 46.8 Å². The number of guanidine groups is 1. The summed E-state index contributed by atoms with van der Waals surface area (Å²) >= 11 is 0. The van der Waals surface area contributed by atoms with Gasteiger partial charge in [-0.3, -0.25) is 14.7 Å². The number of unbranched alkanes of at least 4 members (excludes halogenated alkanes) is 1. The maximum absolute atomic E-state index is 11.9. The molecule has 0 radical (unpaired) electrons. The molecule has 0 aromatic carbocycles. The molecule has 2 fully saturated rings. The number of rotatable bonds is 9. The Morgan fingerprint density at radius 1 is 1.11 bits per heavy atom. The lowest BCUT2D eigenvalue weighted by Gasteiger charge is -2.33. The van der Waals surface area contributed by atoms with Crippen LogP contribution in [0.2, 0.25) is 0 Å². The molecule has 1 amide bonds. The van der Waals surface area contributed by atoms with Crippen molar-refractivity contribution in [1.29, 1.82) is 0 Å². The highest BCUT2D eigenvalue weighted by Crippen LogP contribution is 2.28. The highest BCUT2D eigenvalue weighted by atomic mass is 127. The van der Waals surface area contributed by atoms with Gasteiger partial charge in [0, 0.05) is 46.3 Å². The molecule has 164 valence electrons. The summed E-state index contributed by atoms with van der Waals surface area (Å²) in [5, 5.41) is 6.99. The van der Waals surface area contributed by atoms with Crippen LogP contribution in [0.25, 0.3) is 0 Å². The van der Waals surface area contributed by atoms with Crippen LogP contribution in [0.1, 0.15) is 64.7 Å². The molecule has 28 heavy (non-hydrogen) atoms. The molecule has 7 heteroatoms. The van der Waals surface area contributed by atoms with Crippen molar-refractivity contribution in [1.82, 2.24) is 20.4 Å². The van der Waals surface area contributed by atoms with Crippen LogP contribution in [0.4, 0.5) is 0 Å². The standard InChI is InChI=1S/C21H41N5O.HI/c1-4-22-21(23-14-8-7-11-18-9-5-6-10-18)24-19-12-15-26(16-13-19)17-20(27)25(2)3;/h18-19H,4-17H2,1-3H3,(H2,22,23,24);1H. The van der Waals surface area contributed by atoms with Gasteiger partial charge in [-0.2, -0.15) is 0 Å². The van der Waals surface area contributed by atoms with E-state index in [1.165, 1.54) is 44.9 Å². The molecule has 1 heterocycles. The molecule has 0 atom stereocenters. The Kier molecular flexibility index (Phi) is 13.1. The minimum atomic E-state index is 0. The lowest BCUT2D eigenvalue weighted by molar-refractivity contribution is -0.130. The molecule has 0 aromatic rings. The number of carbonyl (C=O) groups excluding carboxylic acids is 1. The Morgan fingerprint density at radius 3 is 2.39 bits per heavy atom. The number of piperidine rings is 1. The Balaban J connectivity index is 0.00000392. The fraction of sp³-hybridized carbons (Fsp3) is 0.905. The van der Waals surface area contributed by atoms with E-state index < -0.39 is 0 Å². The lowest BCUT2D eigenvalue weighted by Crippen LogP contribution is -2.50. The van der Waals surface area contributed by atoms with Crippen molar-refractivity contribution in [3.05, 3.63) is 0 Å². The number of amides is 1. The molecule has 6 nitrogen and oxygen atoms in total. The van der Waals surface area contributed by atoms with Crippen molar-refractivity contribution in [3.8, 4) is 0 Å². The zero-order chi connectivity index (χ0) is 19.5. The van der Waals surface area contributed by atoms with E-state index in [9.17, 15) is 4.79 Å². The van der Waals surface area contributed by atoms with E-state index >= 15 is 0 Å². The van der Waals surface area contributed by atoms with Crippen LogP contribution in [0.3, 0.4) is 0 Å². The summed E-state index contributed by atoms with van der Waals surface area (Å²) in [5.41, 5.74) is 0. The fourth-order valence-corrected chi connectivity index (χ4v) is 4.12. The van der Waals surface area contributed by atoms with E-state index in [2.05, 4.69) is 22.5 Å². The SMILES string of the molecule is CCNC(=NCCCCC1CCCC1)NC1CCN(CC(=O)N(C)C)CC1.I. The highest BCUT2D eigenvalue weighted by molar-refractivity contribution is 14.0. The summed E-state index contributed by atoms with van der Waals surface area (Å²) in [4.78, 5) is 20.6. The average Bonchev–Trinajstić information content (AvgIpc) is 3.16. The van der Waals surface area contributed by atoms with Crippen LogP contribution in [0.15, 0.2) is 4.99 Å². The number of aliphatic imine (C=N–C) groups is 1. The topological polar surface area (TPSA) is 60.0 Å². The molecular weight excluding hydrogens is 465 g/mol.